The van der Waals surface area contributed by atoms with Crippen LogP contribution in [0.15, 0.2) is 5.38 Å². The van der Waals surface area contributed by atoms with Gasteiger partial charge < -0.3 is 9.64 Å². The zero-order chi connectivity index (χ0) is 17.2. The summed E-state index contributed by atoms with van der Waals surface area (Å²) in [5, 5.41) is 6.00. The Kier molecular flexibility index (Phi) is 5.35. The number of aromatic nitrogens is 1. The van der Waals surface area contributed by atoms with E-state index in [1.165, 1.54) is 11.3 Å². The van der Waals surface area contributed by atoms with Gasteiger partial charge in [-0.1, -0.05) is 0 Å². The predicted molar refractivity (Wildman–Crippen MR) is 98.4 cm³/mol. The van der Waals surface area contributed by atoms with Crippen molar-refractivity contribution in [3.8, 4) is 0 Å². The maximum Gasteiger partial charge on any atom is 0.323 e. The standard InChI is InChI=1S/C16H24N4O3S2/c21-16(20-4-3-13-1-2-14(10-20)25(13)22)18-15-17-12(11-24-15)9-19-5-7-23-8-6-19/h11,13-14H,1-10H2,(H,17,18,21). The fraction of sp³-hybridized carbons (Fsp3) is 0.750. The summed E-state index contributed by atoms with van der Waals surface area (Å²) in [5.41, 5.74) is 0.984. The second-order valence-corrected chi connectivity index (χ2v) is 9.70. The van der Waals surface area contributed by atoms with Gasteiger partial charge in [-0.05, 0) is 19.3 Å². The Labute approximate surface area is 154 Å². The number of anilines is 1. The molecule has 2 bridgehead atoms. The van der Waals surface area contributed by atoms with Crippen LogP contribution in [0.5, 0.6) is 0 Å². The van der Waals surface area contributed by atoms with Gasteiger partial charge in [0, 0.05) is 54.2 Å². The number of hydrogen-bond acceptors (Lipinski definition) is 6. The Bertz CT molecular complexity index is 647. The molecule has 3 unspecified atom stereocenters. The van der Waals surface area contributed by atoms with E-state index in [0.717, 1.165) is 57.8 Å². The minimum atomic E-state index is -0.770. The number of carbonyl (C=O) groups excluding carboxylic acids is 1. The van der Waals surface area contributed by atoms with Crippen molar-refractivity contribution < 1.29 is 13.7 Å². The molecule has 3 atom stereocenters. The van der Waals surface area contributed by atoms with E-state index in [0.29, 0.717) is 18.2 Å². The van der Waals surface area contributed by atoms with Crippen molar-refractivity contribution in [1.29, 1.82) is 0 Å². The SMILES string of the molecule is O=C(Nc1nc(CN2CCOCC2)cs1)N1CCC2CCC(C1)S2=O. The summed E-state index contributed by atoms with van der Waals surface area (Å²) in [4.78, 5) is 21.2. The van der Waals surface area contributed by atoms with Crippen molar-refractivity contribution >= 4 is 33.3 Å². The minimum Gasteiger partial charge on any atom is -0.379 e. The average Bonchev–Trinajstić information content (AvgIpc) is 3.12. The smallest absolute Gasteiger partial charge is 0.323 e. The lowest BCUT2D eigenvalue weighted by molar-refractivity contribution is 0.0337. The maximum atomic E-state index is 12.6. The predicted octanol–water partition coefficient (Wildman–Crippen LogP) is 1.49. The first-order valence-corrected chi connectivity index (χ1v) is 11.0. The first-order valence-electron chi connectivity index (χ1n) is 8.89. The lowest BCUT2D eigenvalue weighted by Gasteiger charge is -2.25. The number of hydrogen-bond donors (Lipinski definition) is 1. The number of nitrogens with one attached hydrogen (secondary N) is 1. The fourth-order valence-corrected chi connectivity index (χ4v) is 6.36. The van der Waals surface area contributed by atoms with Gasteiger partial charge in [-0.3, -0.25) is 14.4 Å². The maximum absolute atomic E-state index is 12.6. The number of urea groups is 1. The molecule has 4 rings (SSSR count). The molecule has 0 aliphatic carbocycles. The first kappa shape index (κ1) is 17.4. The quantitative estimate of drug-likeness (QED) is 0.855. The molecule has 0 saturated carbocycles. The van der Waals surface area contributed by atoms with E-state index in [-0.39, 0.29) is 16.5 Å². The summed E-state index contributed by atoms with van der Waals surface area (Å²) in [5.74, 6) is 0. The van der Waals surface area contributed by atoms with Crippen LogP contribution in [0, 0.1) is 0 Å². The number of carbonyl (C=O) groups is 1. The Morgan fingerprint density at radius 2 is 2.08 bits per heavy atom. The molecule has 138 valence electrons. The molecule has 9 heteroatoms. The van der Waals surface area contributed by atoms with E-state index in [1.54, 1.807) is 0 Å². The van der Waals surface area contributed by atoms with Gasteiger partial charge >= 0.3 is 6.03 Å². The monoisotopic (exact) mass is 384 g/mol. The molecule has 7 nitrogen and oxygen atoms in total. The Morgan fingerprint density at radius 1 is 1.28 bits per heavy atom. The van der Waals surface area contributed by atoms with Gasteiger partial charge in [0.05, 0.1) is 24.2 Å². The molecule has 25 heavy (non-hydrogen) atoms. The highest BCUT2D eigenvalue weighted by molar-refractivity contribution is 7.86. The average molecular weight is 385 g/mol. The molecule has 0 radical (unpaired) electrons. The lowest BCUT2D eigenvalue weighted by Crippen LogP contribution is -2.40. The minimum absolute atomic E-state index is 0.114. The molecule has 1 N–H and O–H groups in total. The molecule has 4 heterocycles. The molecule has 3 saturated heterocycles. The van der Waals surface area contributed by atoms with Crippen LogP contribution in [-0.2, 0) is 22.1 Å². The number of amides is 2. The van der Waals surface area contributed by atoms with Gasteiger partial charge in [0.1, 0.15) is 0 Å². The molecule has 3 fully saturated rings. The second-order valence-electron chi connectivity index (χ2n) is 6.85. The van der Waals surface area contributed by atoms with Gasteiger partial charge in [0.2, 0.25) is 0 Å². The van der Waals surface area contributed by atoms with Crippen molar-refractivity contribution in [2.24, 2.45) is 0 Å². The first-order chi connectivity index (χ1) is 12.2. The van der Waals surface area contributed by atoms with Crippen molar-refractivity contribution in [3.05, 3.63) is 11.1 Å². The van der Waals surface area contributed by atoms with Gasteiger partial charge in [0.15, 0.2) is 5.13 Å². The van der Waals surface area contributed by atoms with Crippen LogP contribution >= 0.6 is 11.3 Å². The number of likely N-dealkylation sites (tertiary alicyclic amines) is 1. The molecular weight excluding hydrogens is 360 g/mol. The van der Waals surface area contributed by atoms with Crippen molar-refractivity contribution in [2.75, 3.05) is 44.7 Å². The molecule has 1 aromatic rings. The number of ether oxygens (including phenoxy) is 1. The normalized spacial score (nSPS) is 30.2. The summed E-state index contributed by atoms with van der Waals surface area (Å²) in [6.07, 6.45) is 2.86. The summed E-state index contributed by atoms with van der Waals surface area (Å²) >= 11 is 1.46. The van der Waals surface area contributed by atoms with E-state index in [2.05, 4.69) is 15.2 Å². The van der Waals surface area contributed by atoms with E-state index < -0.39 is 10.8 Å². The van der Waals surface area contributed by atoms with Crippen LogP contribution in [-0.4, -0.2) is 74.9 Å². The van der Waals surface area contributed by atoms with E-state index in [9.17, 15) is 9.00 Å². The van der Waals surface area contributed by atoms with Gasteiger partial charge in [0.25, 0.3) is 0 Å². The van der Waals surface area contributed by atoms with Crippen LogP contribution < -0.4 is 5.32 Å². The molecular formula is C16H24N4O3S2. The second kappa shape index (κ2) is 7.69. The summed E-state index contributed by atoms with van der Waals surface area (Å²) in [7, 11) is -0.770. The number of thiazole rings is 1. The summed E-state index contributed by atoms with van der Waals surface area (Å²) in [6.45, 7) is 5.46. The number of morpholine rings is 1. The van der Waals surface area contributed by atoms with Crippen molar-refractivity contribution in [2.45, 2.75) is 36.3 Å². The summed E-state index contributed by atoms with van der Waals surface area (Å²) in [6, 6.07) is -0.114. The van der Waals surface area contributed by atoms with Crippen LogP contribution in [0.25, 0.3) is 0 Å². The van der Waals surface area contributed by atoms with Gasteiger partial charge in [-0.15, -0.1) is 11.3 Å². The van der Waals surface area contributed by atoms with Crippen LogP contribution in [0.4, 0.5) is 9.93 Å². The van der Waals surface area contributed by atoms with E-state index in [4.69, 9.17) is 4.74 Å². The zero-order valence-corrected chi connectivity index (χ0v) is 15.8. The third-order valence-corrected chi connectivity index (χ3v) is 8.13. The molecule has 3 aliphatic heterocycles. The van der Waals surface area contributed by atoms with Crippen LogP contribution in [0.3, 0.4) is 0 Å². The van der Waals surface area contributed by atoms with E-state index >= 15 is 0 Å². The zero-order valence-electron chi connectivity index (χ0n) is 14.2. The van der Waals surface area contributed by atoms with Crippen LogP contribution in [0.1, 0.15) is 25.0 Å². The molecule has 0 aromatic carbocycles. The van der Waals surface area contributed by atoms with Crippen molar-refractivity contribution in [1.82, 2.24) is 14.8 Å². The molecule has 3 aliphatic rings. The Balaban J connectivity index is 1.32. The fourth-order valence-electron chi connectivity index (χ4n) is 3.72. The molecule has 0 spiro atoms. The highest BCUT2D eigenvalue weighted by atomic mass is 32.2. The third-order valence-electron chi connectivity index (χ3n) is 5.15. The van der Waals surface area contributed by atoms with Crippen LogP contribution in [0.2, 0.25) is 0 Å². The molecule has 1 aromatic heterocycles. The number of nitrogens with zero attached hydrogens (tertiary/aromatic N) is 3. The highest BCUT2D eigenvalue weighted by Gasteiger charge is 2.38. The van der Waals surface area contributed by atoms with Gasteiger partial charge in [-0.25, -0.2) is 9.78 Å². The lowest BCUT2D eigenvalue weighted by atomic mass is 10.1. The number of fused-ring (bicyclic) bond motifs is 2. The van der Waals surface area contributed by atoms with E-state index in [1.807, 2.05) is 10.3 Å². The number of rotatable bonds is 3. The van der Waals surface area contributed by atoms with Crippen molar-refractivity contribution in [3.63, 3.8) is 0 Å². The largest absolute Gasteiger partial charge is 0.379 e. The molecule has 2 amide bonds. The summed E-state index contributed by atoms with van der Waals surface area (Å²) < 4.78 is 17.6. The topological polar surface area (TPSA) is 74.8 Å². The van der Waals surface area contributed by atoms with Gasteiger partial charge in [-0.2, -0.15) is 0 Å². The Hall–Kier alpha value is -1.03. The third kappa shape index (κ3) is 4.05. The Morgan fingerprint density at radius 3 is 2.92 bits per heavy atom. The highest BCUT2D eigenvalue weighted by Crippen LogP contribution is 2.30.